The van der Waals surface area contributed by atoms with Crippen molar-refractivity contribution in [2.45, 2.75) is 19.3 Å². The Labute approximate surface area is 117 Å². The third-order valence-corrected chi connectivity index (χ3v) is 3.35. The summed E-state index contributed by atoms with van der Waals surface area (Å²) in [6.45, 7) is 5.02. The molecule has 0 bridgehead atoms. The van der Waals surface area contributed by atoms with Crippen molar-refractivity contribution in [1.82, 2.24) is 15.6 Å². The highest BCUT2D eigenvalue weighted by atomic mass is 127. The lowest BCUT2D eigenvalue weighted by molar-refractivity contribution is 0.663. The first kappa shape index (κ1) is 13.7. The average Bonchev–Trinajstić information content (AvgIpc) is 2.81. The Kier molecular flexibility index (Phi) is 6.04. The molecule has 0 saturated heterocycles. The second-order valence-corrected chi connectivity index (χ2v) is 4.59. The monoisotopic (exact) mass is 352 g/mol. The summed E-state index contributed by atoms with van der Waals surface area (Å²) in [6.07, 6.45) is 2.99. The lowest BCUT2D eigenvalue weighted by Crippen LogP contribution is -2.42. The molecule has 4 nitrogen and oxygen atoms in total. The minimum Gasteiger partial charge on any atom is -0.356 e. The third kappa shape index (κ3) is 3.89. The molecule has 2 heterocycles. The van der Waals surface area contributed by atoms with Crippen LogP contribution in [0.25, 0.3) is 0 Å². The molecule has 1 unspecified atom stereocenters. The molecule has 1 atom stereocenters. The maximum absolute atomic E-state index is 4.36. The molecule has 6 heteroatoms. The topological polar surface area (TPSA) is 49.3 Å². The van der Waals surface area contributed by atoms with Gasteiger partial charge >= 0.3 is 0 Å². The first-order valence-electron chi connectivity index (χ1n) is 5.28. The fourth-order valence-electron chi connectivity index (χ4n) is 1.47. The number of aromatic nitrogens is 1. The number of hydrogen-bond acceptors (Lipinski definition) is 5. The predicted octanol–water partition coefficient (Wildman–Crippen LogP) is 1.80. The summed E-state index contributed by atoms with van der Waals surface area (Å²) >= 11 is 1.71. The van der Waals surface area contributed by atoms with E-state index < -0.39 is 0 Å². The number of guanidine groups is 1. The number of rotatable bonds is 3. The van der Waals surface area contributed by atoms with Crippen LogP contribution in [0.1, 0.15) is 24.3 Å². The number of thiazole rings is 1. The van der Waals surface area contributed by atoms with Crippen molar-refractivity contribution in [2.24, 2.45) is 4.99 Å². The Hall–Kier alpha value is -0.370. The van der Waals surface area contributed by atoms with Gasteiger partial charge in [-0.15, -0.1) is 35.3 Å². The van der Waals surface area contributed by atoms with Gasteiger partial charge in [0.25, 0.3) is 0 Å². The molecule has 0 radical (unpaired) electrons. The van der Waals surface area contributed by atoms with E-state index in [2.05, 4.69) is 27.5 Å². The van der Waals surface area contributed by atoms with Crippen molar-refractivity contribution in [3.63, 3.8) is 0 Å². The van der Waals surface area contributed by atoms with Crippen LogP contribution in [0, 0.1) is 0 Å². The predicted molar refractivity (Wildman–Crippen MR) is 78.9 cm³/mol. The first-order chi connectivity index (χ1) is 7.36. The number of aliphatic imine (C=N–C) groups is 1. The molecule has 0 amide bonds. The zero-order valence-electron chi connectivity index (χ0n) is 9.27. The van der Waals surface area contributed by atoms with Crippen molar-refractivity contribution in [2.75, 3.05) is 19.6 Å². The van der Waals surface area contributed by atoms with Crippen molar-refractivity contribution in [3.8, 4) is 0 Å². The third-order valence-electron chi connectivity index (χ3n) is 2.35. The highest BCUT2D eigenvalue weighted by Gasteiger charge is 2.09. The molecular formula is C10H17IN4S. The summed E-state index contributed by atoms with van der Waals surface area (Å²) in [5.74, 6) is 1.38. The van der Waals surface area contributed by atoms with Gasteiger partial charge in [-0.05, 0) is 6.42 Å². The van der Waals surface area contributed by atoms with Crippen LogP contribution in [0.4, 0.5) is 0 Å². The van der Waals surface area contributed by atoms with Crippen molar-refractivity contribution in [3.05, 3.63) is 16.6 Å². The molecule has 16 heavy (non-hydrogen) atoms. The average molecular weight is 352 g/mol. The van der Waals surface area contributed by atoms with Crippen LogP contribution < -0.4 is 10.6 Å². The summed E-state index contributed by atoms with van der Waals surface area (Å²) in [7, 11) is 0. The Bertz CT molecular complexity index is 326. The maximum Gasteiger partial charge on any atom is 0.191 e. The van der Waals surface area contributed by atoms with E-state index in [4.69, 9.17) is 0 Å². The van der Waals surface area contributed by atoms with Crippen LogP contribution >= 0.6 is 35.3 Å². The number of hydrogen-bond donors (Lipinski definition) is 2. The van der Waals surface area contributed by atoms with Crippen molar-refractivity contribution in [1.29, 1.82) is 0 Å². The van der Waals surface area contributed by atoms with Gasteiger partial charge in [0.1, 0.15) is 0 Å². The van der Waals surface area contributed by atoms with Gasteiger partial charge in [-0.1, -0.05) is 6.92 Å². The van der Waals surface area contributed by atoms with Crippen molar-refractivity contribution < 1.29 is 0 Å². The zero-order valence-corrected chi connectivity index (χ0v) is 12.4. The summed E-state index contributed by atoms with van der Waals surface area (Å²) < 4.78 is 0. The second-order valence-electron chi connectivity index (χ2n) is 3.66. The lowest BCUT2D eigenvalue weighted by Gasteiger charge is -2.17. The highest BCUT2D eigenvalue weighted by Crippen LogP contribution is 2.16. The molecule has 1 aromatic rings. The van der Waals surface area contributed by atoms with E-state index in [1.54, 1.807) is 11.3 Å². The Balaban J connectivity index is 0.00000128. The fourth-order valence-corrected chi connectivity index (χ4v) is 2.16. The van der Waals surface area contributed by atoms with E-state index in [9.17, 15) is 0 Å². The summed E-state index contributed by atoms with van der Waals surface area (Å²) in [4.78, 5) is 8.66. The molecule has 0 saturated carbocycles. The van der Waals surface area contributed by atoms with Gasteiger partial charge in [-0.25, -0.2) is 4.98 Å². The Morgan fingerprint density at radius 3 is 3.12 bits per heavy atom. The van der Waals surface area contributed by atoms with Crippen LogP contribution in [-0.2, 0) is 0 Å². The van der Waals surface area contributed by atoms with Crippen LogP contribution in [0.5, 0.6) is 0 Å². The van der Waals surface area contributed by atoms with Gasteiger partial charge in [0.2, 0.25) is 0 Å². The molecule has 2 rings (SSSR count). The van der Waals surface area contributed by atoms with Gasteiger partial charge in [0.05, 0.1) is 5.01 Å². The smallest absolute Gasteiger partial charge is 0.191 e. The largest absolute Gasteiger partial charge is 0.356 e. The van der Waals surface area contributed by atoms with Crippen molar-refractivity contribution >= 4 is 41.3 Å². The van der Waals surface area contributed by atoms with Gasteiger partial charge in [-0.3, -0.25) is 4.99 Å². The zero-order chi connectivity index (χ0) is 10.5. The minimum atomic E-state index is 0. The van der Waals surface area contributed by atoms with E-state index >= 15 is 0 Å². The standard InChI is InChI=1S/C10H16N4S.HI/c1-8(9-11-5-6-15-9)7-14-10-12-3-2-4-13-10;/h5-6,8H,2-4,7H2,1H3,(H2,12,13,14);1H. The SMILES string of the molecule is CC(CNC1=NCCCN1)c1nccs1.I. The molecule has 90 valence electrons. The van der Waals surface area contributed by atoms with Crippen LogP contribution in [0.15, 0.2) is 16.6 Å². The molecule has 0 aliphatic carbocycles. The second kappa shape index (κ2) is 7.05. The van der Waals surface area contributed by atoms with E-state index in [0.29, 0.717) is 5.92 Å². The first-order valence-corrected chi connectivity index (χ1v) is 6.16. The molecular weight excluding hydrogens is 335 g/mol. The molecule has 2 N–H and O–H groups in total. The molecule has 0 spiro atoms. The minimum absolute atomic E-state index is 0. The van der Waals surface area contributed by atoms with Gasteiger partial charge in [0.15, 0.2) is 5.96 Å². The van der Waals surface area contributed by atoms with Gasteiger partial charge in [0, 0.05) is 37.1 Å². The Morgan fingerprint density at radius 2 is 2.50 bits per heavy atom. The van der Waals surface area contributed by atoms with E-state index in [0.717, 1.165) is 32.0 Å². The summed E-state index contributed by atoms with van der Waals surface area (Å²) in [6, 6.07) is 0. The molecule has 1 aliphatic rings. The van der Waals surface area contributed by atoms with Crippen LogP contribution in [0.3, 0.4) is 0 Å². The molecule has 1 aromatic heterocycles. The van der Waals surface area contributed by atoms with Gasteiger partial charge in [-0.2, -0.15) is 0 Å². The highest BCUT2D eigenvalue weighted by molar-refractivity contribution is 14.0. The van der Waals surface area contributed by atoms with Gasteiger partial charge < -0.3 is 10.6 Å². The van der Waals surface area contributed by atoms with E-state index in [-0.39, 0.29) is 24.0 Å². The molecule has 0 fully saturated rings. The maximum atomic E-state index is 4.36. The van der Waals surface area contributed by atoms with Crippen LogP contribution in [0.2, 0.25) is 0 Å². The molecule has 0 aromatic carbocycles. The Morgan fingerprint density at radius 1 is 1.62 bits per heavy atom. The van der Waals surface area contributed by atoms with E-state index in [1.165, 1.54) is 5.01 Å². The quantitative estimate of drug-likeness (QED) is 0.816. The number of nitrogens with one attached hydrogen (secondary N) is 2. The van der Waals surface area contributed by atoms with E-state index in [1.807, 2.05) is 11.6 Å². The summed E-state index contributed by atoms with van der Waals surface area (Å²) in [5.41, 5.74) is 0. The summed E-state index contributed by atoms with van der Waals surface area (Å²) in [5, 5.41) is 9.75. The number of halogens is 1. The lowest BCUT2D eigenvalue weighted by atomic mass is 10.2. The molecule has 1 aliphatic heterocycles. The normalized spacial score (nSPS) is 16.7. The van der Waals surface area contributed by atoms with Crippen LogP contribution in [-0.4, -0.2) is 30.6 Å². The fraction of sp³-hybridized carbons (Fsp3) is 0.600. The number of nitrogens with zero attached hydrogens (tertiary/aromatic N) is 2.